The largest absolute Gasteiger partial charge is 0.497 e. The van der Waals surface area contributed by atoms with E-state index in [-0.39, 0.29) is 11.3 Å². The van der Waals surface area contributed by atoms with Gasteiger partial charge in [-0.3, -0.25) is 25.8 Å². The number of nitro benzene ring substituents is 1. The smallest absolute Gasteiger partial charge is 0.416 e. The number of hydrazine groups is 1. The van der Waals surface area contributed by atoms with Crippen LogP contribution in [0.4, 0.5) is 24.5 Å². The Bertz CT molecular complexity index is 809. The summed E-state index contributed by atoms with van der Waals surface area (Å²) in [4.78, 5) is 22.0. The highest BCUT2D eigenvalue weighted by molar-refractivity contribution is 5.95. The summed E-state index contributed by atoms with van der Waals surface area (Å²) < 4.78 is 42.9. The molecule has 2 N–H and O–H groups in total. The molecule has 10 heteroatoms. The molecule has 0 aliphatic rings. The van der Waals surface area contributed by atoms with Crippen LogP contribution in [0.2, 0.25) is 0 Å². The molecule has 0 radical (unpaired) electrons. The summed E-state index contributed by atoms with van der Waals surface area (Å²) in [5.74, 6) is -0.221. The fraction of sp³-hybridized carbons (Fsp3) is 0.133. The number of benzene rings is 2. The molecule has 1 amide bonds. The number of nitrogens with zero attached hydrogens (tertiary/aromatic N) is 1. The van der Waals surface area contributed by atoms with Gasteiger partial charge in [0.2, 0.25) is 0 Å². The van der Waals surface area contributed by atoms with Gasteiger partial charge in [-0.2, -0.15) is 13.2 Å². The van der Waals surface area contributed by atoms with Gasteiger partial charge in [0.25, 0.3) is 11.6 Å². The molecule has 2 aromatic carbocycles. The Balaban J connectivity index is 2.19. The molecule has 132 valence electrons. The van der Waals surface area contributed by atoms with E-state index in [1.54, 1.807) is 12.1 Å². The first kappa shape index (κ1) is 18.0. The Morgan fingerprint density at radius 3 is 2.52 bits per heavy atom. The van der Waals surface area contributed by atoms with Gasteiger partial charge < -0.3 is 4.74 Å². The van der Waals surface area contributed by atoms with Crippen LogP contribution in [0.5, 0.6) is 5.75 Å². The second kappa shape index (κ2) is 7.07. The van der Waals surface area contributed by atoms with Crippen molar-refractivity contribution in [1.29, 1.82) is 0 Å². The topological polar surface area (TPSA) is 93.5 Å². The van der Waals surface area contributed by atoms with Crippen LogP contribution < -0.4 is 15.6 Å². The maximum atomic E-state index is 12.6. The molecule has 0 spiro atoms. The minimum absolute atomic E-state index is 0.196. The van der Waals surface area contributed by atoms with Crippen molar-refractivity contribution in [3.05, 3.63) is 63.7 Å². The SMILES string of the molecule is COc1cccc(C(=O)NNc2ccc(C(F)(F)F)cc2[N+](=O)[O-])c1. The number of nitro groups is 1. The van der Waals surface area contributed by atoms with Gasteiger partial charge in [0.1, 0.15) is 11.4 Å². The highest BCUT2D eigenvalue weighted by atomic mass is 19.4. The zero-order valence-electron chi connectivity index (χ0n) is 12.8. The Morgan fingerprint density at radius 1 is 1.20 bits per heavy atom. The van der Waals surface area contributed by atoms with Crippen LogP contribution in [0.25, 0.3) is 0 Å². The first-order valence-electron chi connectivity index (χ1n) is 6.78. The summed E-state index contributed by atoms with van der Waals surface area (Å²) in [7, 11) is 1.42. The monoisotopic (exact) mass is 355 g/mol. The van der Waals surface area contributed by atoms with E-state index in [2.05, 4.69) is 10.9 Å². The summed E-state index contributed by atoms with van der Waals surface area (Å²) in [5.41, 5.74) is 2.38. The molecule has 2 aromatic rings. The molecule has 0 aliphatic carbocycles. The van der Waals surface area contributed by atoms with Crippen molar-refractivity contribution in [3.63, 3.8) is 0 Å². The molecule has 0 saturated heterocycles. The molecule has 0 aliphatic heterocycles. The first-order valence-corrected chi connectivity index (χ1v) is 6.78. The highest BCUT2D eigenvalue weighted by Crippen LogP contribution is 2.34. The number of nitrogens with one attached hydrogen (secondary N) is 2. The van der Waals surface area contributed by atoms with Gasteiger partial charge in [0, 0.05) is 11.6 Å². The van der Waals surface area contributed by atoms with Crippen LogP contribution >= 0.6 is 0 Å². The predicted octanol–water partition coefficient (Wildman–Crippen LogP) is 3.38. The van der Waals surface area contributed by atoms with E-state index < -0.39 is 28.3 Å². The number of hydrogen-bond donors (Lipinski definition) is 2. The molecule has 2 rings (SSSR count). The van der Waals surface area contributed by atoms with Crippen molar-refractivity contribution in [1.82, 2.24) is 5.43 Å². The minimum Gasteiger partial charge on any atom is -0.497 e. The lowest BCUT2D eigenvalue weighted by molar-refractivity contribution is -0.384. The fourth-order valence-electron chi connectivity index (χ4n) is 1.93. The zero-order chi connectivity index (χ0) is 18.6. The normalized spacial score (nSPS) is 10.9. The predicted molar refractivity (Wildman–Crippen MR) is 82.2 cm³/mol. The number of alkyl halides is 3. The molecule has 0 fully saturated rings. The summed E-state index contributed by atoms with van der Waals surface area (Å²) in [6, 6.07) is 8.01. The molecule has 7 nitrogen and oxygen atoms in total. The van der Waals surface area contributed by atoms with E-state index >= 15 is 0 Å². The van der Waals surface area contributed by atoms with E-state index in [9.17, 15) is 28.1 Å². The number of halogens is 3. The number of anilines is 1. The van der Waals surface area contributed by atoms with Gasteiger partial charge in [-0.1, -0.05) is 6.07 Å². The second-order valence-electron chi connectivity index (χ2n) is 4.80. The van der Waals surface area contributed by atoms with Crippen LogP contribution in [0.15, 0.2) is 42.5 Å². The van der Waals surface area contributed by atoms with Gasteiger partial charge >= 0.3 is 6.18 Å². The average molecular weight is 355 g/mol. The first-order chi connectivity index (χ1) is 11.7. The number of carbonyl (C=O) groups excluding carboxylic acids is 1. The van der Waals surface area contributed by atoms with Crippen LogP contribution in [0, 0.1) is 10.1 Å². The van der Waals surface area contributed by atoms with Crippen molar-refractivity contribution in [2.24, 2.45) is 0 Å². The Hall–Kier alpha value is -3.30. The zero-order valence-corrected chi connectivity index (χ0v) is 12.8. The number of hydrogen-bond acceptors (Lipinski definition) is 5. The van der Waals surface area contributed by atoms with Crippen LogP contribution in [-0.2, 0) is 6.18 Å². The van der Waals surface area contributed by atoms with Crippen molar-refractivity contribution < 1.29 is 27.6 Å². The summed E-state index contributed by atoms with van der Waals surface area (Å²) in [5, 5.41) is 11.0. The Labute approximate surface area is 139 Å². The van der Waals surface area contributed by atoms with Crippen molar-refractivity contribution in [3.8, 4) is 5.75 Å². The lowest BCUT2D eigenvalue weighted by Gasteiger charge is -2.11. The van der Waals surface area contributed by atoms with Crippen molar-refractivity contribution in [2.45, 2.75) is 6.18 Å². The van der Waals surface area contributed by atoms with Gasteiger partial charge in [-0.05, 0) is 30.3 Å². The van der Waals surface area contributed by atoms with E-state index in [1.165, 1.54) is 19.2 Å². The molecule has 25 heavy (non-hydrogen) atoms. The quantitative estimate of drug-likeness (QED) is 0.633. The van der Waals surface area contributed by atoms with Gasteiger partial charge in [-0.15, -0.1) is 0 Å². The van der Waals surface area contributed by atoms with E-state index in [0.29, 0.717) is 17.9 Å². The lowest BCUT2D eigenvalue weighted by Crippen LogP contribution is -2.29. The van der Waals surface area contributed by atoms with Crippen LogP contribution in [0.1, 0.15) is 15.9 Å². The molecule has 0 unspecified atom stereocenters. The fourth-order valence-corrected chi connectivity index (χ4v) is 1.93. The molecule has 0 heterocycles. The van der Waals surface area contributed by atoms with E-state index in [4.69, 9.17) is 4.74 Å². The summed E-state index contributed by atoms with van der Waals surface area (Å²) >= 11 is 0. The molecule has 0 saturated carbocycles. The van der Waals surface area contributed by atoms with Crippen LogP contribution in [-0.4, -0.2) is 17.9 Å². The van der Waals surface area contributed by atoms with E-state index in [0.717, 1.165) is 6.07 Å². The average Bonchev–Trinajstić information content (AvgIpc) is 2.58. The molecule has 0 aromatic heterocycles. The number of methoxy groups -OCH3 is 1. The lowest BCUT2D eigenvalue weighted by atomic mass is 10.1. The Morgan fingerprint density at radius 2 is 1.92 bits per heavy atom. The molecular formula is C15H12F3N3O4. The number of amides is 1. The van der Waals surface area contributed by atoms with Crippen LogP contribution in [0.3, 0.4) is 0 Å². The Kier molecular flexibility index (Phi) is 5.11. The minimum atomic E-state index is -4.72. The summed E-state index contributed by atoms with van der Waals surface area (Å²) in [6.45, 7) is 0. The van der Waals surface area contributed by atoms with Gasteiger partial charge in [0.15, 0.2) is 0 Å². The highest BCUT2D eigenvalue weighted by Gasteiger charge is 2.33. The third kappa shape index (κ3) is 4.37. The second-order valence-corrected chi connectivity index (χ2v) is 4.80. The van der Waals surface area contributed by atoms with E-state index in [1.807, 2.05) is 0 Å². The standard InChI is InChI=1S/C15H12F3N3O4/c1-25-11-4-2-3-9(7-11)14(22)20-19-12-6-5-10(15(16,17)18)8-13(12)21(23)24/h2-8,19H,1H3,(H,20,22). The number of ether oxygens (including phenoxy) is 1. The summed E-state index contributed by atoms with van der Waals surface area (Å²) in [6.07, 6.45) is -4.72. The van der Waals surface area contributed by atoms with Gasteiger partial charge in [-0.25, -0.2) is 0 Å². The number of rotatable bonds is 5. The molecular weight excluding hydrogens is 343 g/mol. The third-order valence-corrected chi connectivity index (χ3v) is 3.16. The van der Waals surface area contributed by atoms with Crippen molar-refractivity contribution in [2.75, 3.05) is 12.5 Å². The molecule has 0 bridgehead atoms. The molecule has 0 atom stereocenters. The maximum Gasteiger partial charge on any atom is 0.416 e. The maximum absolute atomic E-state index is 12.6. The van der Waals surface area contributed by atoms with Gasteiger partial charge in [0.05, 0.1) is 17.6 Å². The van der Waals surface area contributed by atoms with Crippen molar-refractivity contribution >= 4 is 17.3 Å². The number of carbonyl (C=O) groups is 1. The third-order valence-electron chi connectivity index (χ3n) is 3.16.